The highest BCUT2D eigenvalue weighted by Crippen LogP contribution is 2.25. The average molecular weight is 386 g/mol. The van der Waals surface area contributed by atoms with Crippen molar-refractivity contribution >= 4 is 17.4 Å². The number of methoxy groups -OCH3 is 2. The molecule has 0 spiro atoms. The van der Waals surface area contributed by atoms with Gasteiger partial charge in [-0.3, -0.25) is 14.9 Å². The fraction of sp³-hybridized carbons (Fsp3) is 0.368. The Morgan fingerprint density at radius 2 is 1.68 bits per heavy atom. The van der Waals surface area contributed by atoms with Crippen molar-refractivity contribution in [1.29, 1.82) is 0 Å². The molecule has 0 saturated carbocycles. The molecule has 1 aromatic carbocycles. The molecule has 0 aliphatic carbocycles. The number of nitrogens with zero attached hydrogens (tertiary/aromatic N) is 4. The highest BCUT2D eigenvalue weighted by atomic mass is 16.6. The minimum Gasteiger partial charge on any atom is -0.497 e. The second kappa shape index (κ2) is 8.12. The third kappa shape index (κ3) is 3.98. The Kier molecular flexibility index (Phi) is 5.62. The molecule has 1 aliphatic rings. The van der Waals surface area contributed by atoms with Gasteiger partial charge in [0.2, 0.25) is 0 Å². The Labute approximate surface area is 162 Å². The number of carbonyl (C=O) groups excluding carboxylic acids is 1. The van der Waals surface area contributed by atoms with Crippen molar-refractivity contribution < 1.29 is 19.2 Å². The lowest BCUT2D eigenvalue weighted by molar-refractivity contribution is -0.385. The topological polar surface area (TPSA) is 98.0 Å². The molecule has 3 rings (SSSR count). The first-order valence-electron chi connectivity index (χ1n) is 8.81. The Balaban J connectivity index is 1.70. The summed E-state index contributed by atoms with van der Waals surface area (Å²) < 4.78 is 10.5. The molecule has 1 saturated heterocycles. The summed E-state index contributed by atoms with van der Waals surface area (Å²) in [6.07, 6.45) is 1.27. The fourth-order valence-electron chi connectivity index (χ4n) is 3.22. The molecule has 0 N–H and O–H groups in total. The summed E-state index contributed by atoms with van der Waals surface area (Å²) in [7, 11) is 3.09. The van der Waals surface area contributed by atoms with Crippen molar-refractivity contribution in [2.24, 2.45) is 0 Å². The van der Waals surface area contributed by atoms with Crippen LogP contribution in [0.1, 0.15) is 15.9 Å². The zero-order valence-corrected chi connectivity index (χ0v) is 16.0. The van der Waals surface area contributed by atoms with Gasteiger partial charge in [0, 0.05) is 43.9 Å². The van der Waals surface area contributed by atoms with Crippen LogP contribution in [0.3, 0.4) is 0 Å². The van der Waals surface area contributed by atoms with Gasteiger partial charge in [0.15, 0.2) is 0 Å². The van der Waals surface area contributed by atoms with Gasteiger partial charge in [0.05, 0.1) is 19.1 Å². The molecule has 1 amide bonds. The number of anilines is 1. The number of piperazine rings is 1. The van der Waals surface area contributed by atoms with E-state index in [0.717, 1.165) is 5.56 Å². The van der Waals surface area contributed by atoms with E-state index in [0.29, 0.717) is 49.1 Å². The maximum Gasteiger partial charge on any atom is 0.287 e. The van der Waals surface area contributed by atoms with Gasteiger partial charge in [-0.1, -0.05) is 0 Å². The third-order valence-corrected chi connectivity index (χ3v) is 4.71. The fourth-order valence-corrected chi connectivity index (χ4v) is 3.22. The summed E-state index contributed by atoms with van der Waals surface area (Å²) in [5, 5.41) is 10.9. The molecule has 0 radical (unpaired) electrons. The van der Waals surface area contributed by atoms with Gasteiger partial charge in [-0.05, 0) is 24.6 Å². The monoisotopic (exact) mass is 386 g/mol. The highest BCUT2D eigenvalue weighted by molar-refractivity contribution is 5.95. The molecule has 1 fully saturated rings. The van der Waals surface area contributed by atoms with E-state index in [1.165, 1.54) is 12.3 Å². The molecular weight excluding hydrogens is 364 g/mol. The summed E-state index contributed by atoms with van der Waals surface area (Å²) >= 11 is 0. The van der Waals surface area contributed by atoms with Gasteiger partial charge in [-0.25, -0.2) is 4.98 Å². The van der Waals surface area contributed by atoms with Crippen molar-refractivity contribution in [3.63, 3.8) is 0 Å². The number of amides is 1. The largest absolute Gasteiger partial charge is 0.497 e. The number of rotatable bonds is 5. The van der Waals surface area contributed by atoms with E-state index in [9.17, 15) is 14.9 Å². The third-order valence-electron chi connectivity index (χ3n) is 4.71. The zero-order chi connectivity index (χ0) is 20.3. The van der Waals surface area contributed by atoms with Gasteiger partial charge >= 0.3 is 0 Å². The predicted octanol–water partition coefficient (Wildman–Crippen LogP) is 2.28. The first-order chi connectivity index (χ1) is 13.4. The minimum atomic E-state index is -0.456. The summed E-state index contributed by atoms with van der Waals surface area (Å²) in [4.78, 5) is 31.3. The molecule has 2 aromatic rings. The van der Waals surface area contributed by atoms with E-state index < -0.39 is 4.92 Å². The molecule has 1 aromatic heterocycles. The number of aryl methyl sites for hydroxylation is 1. The van der Waals surface area contributed by atoms with Gasteiger partial charge in [0.1, 0.15) is 23.5 Å². The lowest BCUT2D eigenvalue weighted by atomic mass is 10.1. The summed E-state index contributed by atoms with van der Waals surface area (Å²) in [5.74, 6) is 1.74. The number of benzene rings is 1. The van der Waals surface area contributed by atoms with Gasteiger partial charge in [0.25, 0.3) is 11.6 Å². The van der Waals surface area contributed by atoms with Crippen LogP contribution in [0.15, 0.2) is 30.5 Å². The van der Waals surface area contributed by atoms with Crippen molar-refractivity contribution in [3.8, 4) is 11.5 Å². The van der Waals surface area contributed by atoms with E-state index in [4.69, 9.17) is 9.47 Å². The van der Waals surface area contributed by atoms with E-state index in [1.54, 1.807) is 44.2 Å². The summed E-state index contributed by atoms with van der Waals surface area (Å²) in [5.41, 5.74) is 1.22. The van der Waals surface area contributed by atoms with Crippen LogP contribution in [0, 0.1) is 17.0 Å². The maximum atomic E-state index is 12.9. The lowest BCUT2D eigenvalue weighted by Crippen LogP contribution is -2.49. The van der Waals surface area contributed by atoms with Crippen LogP contribution < -0.4 is 14.4 Å². The number of nitro groups is 1. The van der Waals surface area contributed by atoms with Crippen molar-refractivity contribution in [3.05, 3.63) is 51.7 Å². The number of ether oxygens (including phenoxy) is 2. The molecule has 28 heavy (non-hydrogen) atoms. The second-order valence-electron chi connectivity index (χ2n) is 6.47. The van der Waals surface area contributed by atoms with Crippen LogP contribution in [0.5, 0.6) is 11.5 Å². The first-order valence-corrected chi connectivity index (χ1v) is 8.81. The molecule has 9 nitrogen and oxygen atoms in total. The molecule has 9 heteroatoms. The predicted molar refractivity (Wildman–Crippen MR) is 103 cm³/mol. The van der Waals surface area contributed by atoms with Gasteiger partial charge in [-0.2, -0.15) is 0 Å². The summed E-state index contributed by atoms with van der Waals surface area (Å²) in [6.45, 7) is 4.04. The number of carbonyl (C=O) groups is 1. The van der Waals surface area contributed by atoms with Crippen LogP contribution in [-0.2, 0) is 0 Å². The van der Waals surface area contributed by atoms with Crippen LogP contribution in [0.2, 0.25) is 0 Å². The van der Waals surface area contributed by atoms with Crippen LogP contribution in [-0.4, -0.2) is 61.1 Å². The Morgan fingerprint density at radius 1 is 1.07 bits per heavy atom. The average Bonchev–Trinajstić information content (AvgIpc) is 2.72. The molecule has 0 bridgehead atoms. The summed E-state index contributed by atoms with van der Waals surface area (Å²) in [6, 6.07) is 6.62. The molecular formula is C19H22N4O5. The van der Waals surface area contributed by atoms with Crippen LogP contribution in [0.25, 0.3) is 0 Å². The Morgan fingerprint density at radius 3 is 2.18 bits per heavy atom. The van der Waals surface area contributed by atoms with Crippen molar-refractivity contribution in [2.45, 2.75) is 6.92 Å². The second-order valence-corrected chi connectivity index (χ2v) is 6.47. The van der Waals surface area contributed by atoms with Crippen molar-refractivity contribution in [1.82, 2.24) is 9.88 Å². The molecule has 148 valence electrons. The van der Waals surface area contributed by atoms with Crippen LogP contribution >= 0.6 is 0 Å². The highest BCUT2D eigenvalue weighted by Gasteiger charge is 2.25. The molecule has 0 unspecified atom stereocenters. The number of hydrogen-bond acceptors (Lipinski definition) is 7. The zero-order valence-electron chi connectivity index (χ0n) is 16.0. The smallest absolute Gasteiger partial charge is 0.287 e. The standard InChI is InChI=1S/C19H22N4O5/c1-13-8-15(23(25)26)12-20-18(13)21-4-6-22(7-5-21)19(24)14-9-16(27-2)11-17(10-14)28-3/h8-12H,4-7H2,1-3H3. The molecule has 2 heterocycles. The van der Waals surface area contributed by atoms with Gasteiger partial charge < -0.3 is 19.3 Å². The lowest BCUT2D eigenvalue weighted by Gasteiger charge is -2.36. The minimum absolute atomic E-state index is 0.0259. The van der Waals surface area contributed by atoms with Gasteiger partial charge in [-0.15, -0.1) is 0 Å². The maximum absolute atomic E-state index is 12.9. The Hall–Kier alpha value is -3.36. The van der Waals surface area contributed by atoms with Crippen LogP contribution in [0.4, 0.5) is 11.5 Å². The Bertz CT molecular complexity index is 872. The van der Waals surface area contributed by atoms with E-state index in [1.807, 2.05) is 4.90 Å². The molecule has 0 atom stereocenters. The number of hydrogen-bond donors (Lipinski definition) is 0. The SMILES string of the molecule is COc1cc(OC)cc(C(=O)N2CCN(c3ncc([N+](=O)[O-])cc3C)CC2)c1. The van der Waals surface area contributed by atoms with E-state index in [2.05, 4.69) is 4.98 Å². The molecule has 1 aliphatic heterocycles. The number of pyridine rings is 1. The van der Waals surface area contributed by atoms with Crippen molar-refractivity contribution in [2.75, 3.05) is 45.3 Å². The van der Waals surface area contributed by atoms with E-state index >= 15 is 0 Å². The first kappa shape index (κ1) is 19.4. The quantitative estimate of drug-likeness (QED) is 0.574. The number of aromatic nitrogens is 1. The normalized spacial score (nSPS) is 14.0. The van der Waals surface area contributed by atoms with E-state index in [-0.39, 0.29) is 11.6 Å².